The highest BCUT2D eigenvalue weighted by molar-refractivity contribution is 5.90. The quantitative estimate of drug-likeness (QED) is 0.691. The molecule has 0 aliphatic carbocycles. The van der Waals surface area contributed by atoms with Crippen molar-refractivity contribution in [2.45, 2.75) is 32.7 Å². The van der Waals surface area contributed by atoms with Crippen LogP contribution in [0.2, 0.25) is 0 Å². The maximum absolute atomic E-state index is 13.0. The molecular formula is C23H28N2O5. The van der Waals surface area contributed by atoms with Gasteiger partial charge in [0.1, 0.15) is 0 Å². The van der Waals surface area contributed by atoms with Gasteiger partial charge in [0.05, 0.1) is 32.8 Å². The van der Waals surface area contributed by atoms with E-state index in [1.807, 2.05) is 56.3 Å². The Hall–Kier alpha value is -3.22. The number of anilines is 1. The molecule has 1 N–H and O–H groups in total. The fraction of sp³-hybridized carbons (Fsp3) is 0.391. The van der Waals surface area contributed by atoms with E-state index in [9.17, 15) is 9.59 Å². The van der Waals surface area contributed by atoms with Gasteiger partial charge in [0.15, 0.2) is 11.5 Å². The number of amides is 2. The van der Waals surface area contributed by atoms with Crippen molar-refractivity contribution in [1.82, 2.24) is 4.90 Å². The van der Waals surface area contributed by atoms with Gasteiger partial charge in [0.2, 0.25) is 0 Å². The van der Waals surface area contributed by atoms with Crippen LogP contribution < -0.4 is 14.8 Å². The van der Waals surface area contributed by atoms with Gasteiger partial charge >= 0.3 is 12.0 Å². The SMILES string of the molecule is CCOc1cc2c(cc1OCC)[C@H](CC(=O)OC)N(C(=O)Nc1ccccc1)CC2. The summed E-state index contributed by atoms with van der Waals surface area (Å²) in [5.41, 5.74) is 2.62. The molecule has 1 aliphatic rings. The van der Waals surface area contributed by atoms with E-state index in [2.05, 4.69) is 5.32 Å². The lowest BCUT2D eigenvalue weighted by Crippen LogP contribution is -2.43. The number of methoxy groups -OCH3 is 1. The highest BCUT2D eigenvalue weighted by atomic mass is 16.5. The highest BCUT2D eigenvalue weighted by Crippen LogP contribution is 2.40. The van der Waals surface area contributed by atoms with Gasteiger partial charge in [-0.05, 0) is 55.7 Å². The molecule has 0 spiro atoms. The van der Waals surface area contributed by atoms with E-state index in [0.717, 1.165) is 11.1 Å². The van der Waals surface area contributed by atoms with Crippen LogP contribution in [0.25, 0.3) is 0 Å². The van der Waals surface area contributed by atoms with E-state index in [4.69, 9.17) is 14.2 Å². The average Bonchev–Trinajstić information content (AvgIpc) is 2.75. The van der Waals surface area contributed by atoms with Crippen LogP contribution in [-0.2, 0) is 16.0 Å². The van der Waals surface area contributed by atoms with Gasteiger partial charge in [0.25, 0.3) is 0 Å². The molecule has 3 rings (SSSR count). The Morgan fingerprint density at radius 1 is 1.07 bits per heavy atom. The Morgan fingerprint density at radius 2 is 1.73 bits per heavy atom. The Labute approximate surface area is 176 Å². The van der Waals surface area contributed by atoms with Crippen molar-refractivity contribution in [3.63, 3.8) is 0 Å². The molecule has 0 radical (unpaired) electrons. The molecule has 30 heavy (non-hydrogen) atoms. The molecule has 2 aromatic carbocycles. The number of ether oxygens (including phenoxy) is 3. The van der Waals surface area contributed by atoms with Crippen LogP contribution in [0, 0.1) is 0 Å². The fourth-order valence-electron chi connectivity index (χ4n) is 3.67. The van der Waals surface area contributed by atoms with E-state index in [0.29, 0.717) is 43.4 Å². The zero-order chi connectivity index (χ0) is 21.5. The lowest BCUT2D eigenvalue weighted by Gasteiger charge is -2.37. The molecule has 1 aliphatic heterocycles. The Balaban J connectivity index is 1.96. The van der Waals surface area contributed by atoms with Crippen molar-refractivity contribution in [1.29, 1.82) is 0 Å². The van der Waals surface area contributed by atoms with Crippen molar-refractivity contribution in [2.75, 3.05) is 32.2 Å². The Morgan fingerprint density at radius 3 is 2.37 bits per heavy atom. The largest absolute Gasteiger partial charge is 0.490 e. The zero-order valence-electron chi connectivity index (χ0n) is 17.6. The molecule has 2 aromatic rings. The van der Waals surface area contributed by atoms with Crippen molar-refractivity contribution < 1.29 is 23.8 Å². The molecule has 2 amide bonds. The molecule has 0 bridgehead atoms. The summed E-state index contributed by atoms with van der Waals surface area (Å²) in [5.74, 6) is 0.910. The number of urea groups is 1. The lowest BCUT2D eigenvalue weighted by atomic mass is 9.90. The third-order valence-electron chi connectivity index (χ3n) is 5.04. The second-order valence-electron chi connectivity index (χ2n) is 6.90. The number of nitrogens with one attached hydrogen (secondary N) is 1. The topological polar surface area (TPSA) is 77.1 Å². The predicted octanol–water partition coefficient (Wildman–Crippen LogP) is 4.18. The Bertz CT molecular complexity index is 885. The van der Waals surface area contributed by atoms with Gasteiger partial charge in [-0.2, -0.15) is 0 Å². The number of nitrogens with zero attached hydrogens (tertiary/aromatic N) is 1. The molecule has 0 saturated carbocycles. The van der Waals surface area contributed by atoms with Crippen LogP contribution in [0.3, 0.4) is 0 Å². The van der Waals surface area contributed by atoms with Gasteiger partial charge in [0, 0.05) is 12.2 Å². The molecule has 1 atom stereocenters. The van der Waals surface area contributed by atoms with Gasteiger partial charge in [-0.25, -0.2) is 4.79 Å². The smallest absolute Gasteiger partial charge is 0.322 e. The minimum Gasteiger partial charge on any atom is -0.490 e. The van der Waals surface area contributed by atoms with Crippen LogP contribution in [0.1, 0.15) is 37.4 Å². The maximum Gasteiger partial charge on any atom is 0.322 e. The summed E-state index contributed by atoms with van der Waals surface area (Å²) >= 11 is 0. The number of benzene rings is 2. The third kappa shape index (κ3) is 4.84. The van der Waals surface area contributed by atoms with Crippen molar-refractivity contribution in [2.24, 2.45) is 0 Å². The van der Waals surface area contributed by atoms with Crippen LogP contribution in [0.15, 0.2) is 42.5 Å². The van der Waals surface area contributed by atoms with Crippen LogP contribution in [-0.4, -0.2) is 43.8 Å². The van der Waals surface area contributed by atoms with Crippen molar-refractivity contribution in [3.05, 3.63) is 53.6 Å². The summed E-state index contributed by atoms with van der Waals surface area (Å²) < 4.78 is 16.4. The van der Waals surface area contributed by atoms with E-state index in [-0.39, 0.29) is 18.4 Å². The summed E-state index contributed by atoms with van der Waals surface area (Å²) in [4.78, 5) is 26.9. The monoisotopic (exact) mass is 412 g/mol. The summed E-state index contributed by atoms with van der Waals surface area (Å²) in [7, 11) is 1.35. The van der Waals surface area contributed by atoms with Crippen LogP contribution >= 0.6 is 0 Å². The number of para-hydroxylation sites is 1. The van der Waals surface area contributed by atoms with E-state index in [1.54, 1.807) is 4.90 Å². The van der Waals surface area contributed by atoms with Gasteiger partial charge < -0.3 is 24.4 Å². The van der Waals surface area contributed by atoms with Crippen molar-refractivity contribution in [3.8, 4) is 11.5 Å². The van der Waals surface area contributed by atoms with E-state index in [1.165, 1.54) is 7.11 Å². The summed E-state index contributed by atoms with van der Waals surface area (Å²) in [6.45, 7) is 5.31. The molecular weight excluding hydrogens is 384 g/mol. The van der Waals surface area contributed by atoms with Crippen LogP contribution in [0.4, 0.5) is 10.5 Å². The van der Waals surface area contributed by atoms with Gasteiger partial charge in [-0.15, -0.1) is 0 Å². The third-order valence-corrected chi connectivity index (χ3v) is 5.04. The molecule has 160 valence electrons. The molecule has 0 unspecified atom stereocenters. The maximum atomic E-state index is 13.0. The number of hydrogen-bond donors (Lipinski definition) is 1. The second-order valence-corrected chi connectivity index (χ2v) is 6.90. The number of hydrogen-bond acceptors (Lipinski definition) is 5. The molecule has 7 nitrogen and oxygen atoms in total. The first-order chi connectivity index (χ1) is 14.6. The van der Waals surface area contributed by atoms with Crippen LogP contribution in [0.5, 0.6) is 11.5 Å². The first-order valence-corrected chi connectivity index (χ1v) is 10.2. The molecule has 7 heteroatoms. The van der Waals surface area contributed by atoms with E-state index >= 15 is 0 Å². The van der Waals surface area contributed by atoms with Gasteiger partial charge in [-0.1, -0.05) is 18.2 Å². The number of fused-ring (bicyclic) bond motifs is 1. The first-order valence-electron chi connectivity index (χ1n) is 10.2. The normalized spacial score (nSPS) is 15.2. The molecule has 0 fully saturated rings. The van der Waals surface area contributed by atoms with Gasteiger partial charge in [-0.3, -0.25) is 4.79 Å². The molecule has 0 aromatic heterocycles. The summed E-state index contributed by atoms with van der Waals surface area (Å²) in [6.07, 6.45) is 0.715. The summed E-state index contributed by atoms with van der Waals surface area (Å²) in [5, 5.41) is 2.91. The lowest BCUT2D eigenvalue weighted by molar-refractivity contribution is -0.141. The zero-order valence-corrected chi connectivity index (χ0v) is 17.6. The first kappa shape index (κ1) is 21.5. The Kier molecular flexibility index (Phi) is 7.17. The molecule has 0 saturated heterocycles. The number of esters is 1. The second kappa shape index (κ2) is 10.0. The molecule has 1 heterocycles. The van der Waals surface area contributed by atoms with E-state index < -0.39 is 6.04 Å². The predicted molar refractivity (Wildman–Crippen MR) is 114 cm³/mol. The fourth-order valence-corrected chi connectivity index (χ4v) is 3.67. The highest BCUT2D eigenvalue weighted by Gasteiger charge is 2.34. The standard InChI is InChI=1S/C23H28N2O5/c1-4-29-20-13-16-11-12-25(23(27)24-17-9-7-6-8-10-17)19(15-22(26)28-3)18(16)14-21(20)30-5-2/h6-10,13-14,19H,4-5,11-12,15H2,1-3H3,(H,24,27)/t19-/m0/s1. The number of carbonyl (C=O) groups is 2. The minimum absolute atomic E-state index is 0.0608. The minimum atomic E-state index is -0.459. The summed E-state index contributed by atoms with van der Waals surface area (Å²) in [6, 6.07) is 12.4. The number of rotatable bonds is 7. The number of carbonyl (C=O) groups excluding carboxylic acids is 2. The average molecular weight is 412 g/mol. The van der Waals surface area contributed by atoms with Crippen molar-refractivity contribution >= 4 is 17.7 Å².